The van der Waals surface area contributed by atoms with E-state index in [-0.39, 0.29) is 12.8 Å². The SMILES string of the molecule is C=C.CCSC[C@H](NC(=O)CC[C@H](N)C(=O)O)C(=O)NCC(=O)O. The van der Waals surface area contributed by atoms with Gasteiger partial charge < -0.3 is 26.6 Å². The lowest BCUT2D eigenvalue weighted by atomic mass is 10.1. The zero-order valence-electron chi connectivity index (χ0n) is 13.6. The van der Waals surface area contributed by atoms with E-state index < -0.39 is 42.4 Å². The number of aliphatic carboxylic acids is 2. The van der Waals surface area contributed by atoms with E-state index in [2.05, 4.69) is 23.8 Å². The zero-order valence-corrected chi connectivity index (χ0v) is 14.4. The van der Waals surface area contributed by atoms with Crippen LogP contribution in [0.3, 0.4) is 0 Å². The zero-order chi connectivity index (χ0) is 19.1. The van der Waals surface area contributed by atoms with Crippen LogP contribution in [0.25, 0.3) is 0 Å². The van der Waals surface area contributed by atoms with Crippen molar-refractivity contribution in [2.75, 3.05) is 18.1 Å². The van der Waals surface area contributed by atoms with E-state index in [0.29, 0.717) is 5.75 Å². The van der Waals surface area contributed by atoms with Crippen LogP contribution in [-0.4, -0.2) is 64.1 Å². The van der Waals surface area contributed by atoms with E-state index in [1.165, 1.54) is 11.8 Å². The number of carbonyl (C=O) groups excluding carboxylic acids is 2. The molecule has 2 amide bonds. The fourth-order valence-electron chi connectivity index (χ4n) is 1.38. The first-order chi connectivity index (χ1) is 11.3. The molecule has 2 atom stereocenters. The highest BCUT2D eigenvalue weighted by molar-refractivity contribution is 7.99. The summed E-state index contributed by atoms with van der Waals surface area (Å²) in [5, 5.41) is 21.8. The number of carboxylic acid groups (broad SMARTS) is 2. The molecule has 24 heavy (non-hydrogen) atoms. The number of nitrogens with two attached hydrogens (primary N) is 1. The molecule has 0 radical (unpaired) electrons. The highest BCUT2D eigenvalue weighted by Gasteiger charge is 2.22. The molecule has 0 aliphatic carbocycles. The summed E-state index contributed by atoms with van der Waals surface area (Å²) in [6.45, 7) is 7.34. The minimum absolute atomic E-state index is 0.0500. The van der Waals surface area contributed by atoms with E-state index in [9.17, 15) is 19.2 Å². The highest BCUT2D eigenvalue weighted by Crippen LogP contribution is 2.04. The largest absolute Gasteiger partial charge is 0.480 e. The number of hydrogen-bond acceptors (Lipinski definition) is 6. The first-order valence-corrected chi connectivity index (χ1v) is 8.28. The molecule has 0 saturated carbocycles. The molecule has 0 aromatic carbocycles. The molecule has 0 fully saturated rings. The minimum atomic E-state index is -1.20. The molecule has 0 rings (SSSR count). The van der Waals surface area contributed by atoms with Gasteiger partial charge in [0.25, 0.3) is 0 Å². The van der Waals surface area contributed by atoms with Crippen molar-refractivity contribution in [2.45, 2.75) is 31.8 Å². The maximum Gasteiger partial charge on any atom is 0.322 e. The van der Waals surface area contributed by atoms with E-state index in [1.54, 1.807) is 0 Å². The van der Waals surface area contributed by atoms with Crippen LogP contribution < -0.4 is 16.4 Å². The van der Waals surface area contributed by atoms with Crippen LogP contribution in [0.1, 0.15) is 19.8 Å². The lowest BCUT2D eigenvalue weighted by Crippen LogP contribution is -2.49. The van der Waals surface area contributed by atoms with E-state index in [0.717, 1.165) is 5.75 Å². The summed E-state index contributed by atoms with van der Waals surface area (Å²) in [6.07, 6.45) is -0.182. The second-order valence-electron chi connectivity index (χ2n) is 4.37. The van der Waals surface area contributed by atoms with E-state index in [1.807, 2.05) is 6.92 Å². The van der Waals surface area contributed by atoms with Crippen LogP contribution >= 0.6 is 11.8 Å². The van der Waals surface area contributed by atoms with Crippen LogP contribution in [0.2, 0.25) is 0 Å². The third-order valence-electron chi connectivity index (χ3n) is 2.55. The molecule has 0 aliphatic rings. The van der Waals surface area contributed by atoms with Gasteiger partial charge in [-0.15, -0.1) is 13.2 Å². The van der Waals surface area contributed by atoms with Crippen molar-refractivity contribution < 1.29 is 29.4 Å². The van der Waals surface area contributed by atoms with Crippen molar-refractivity contribution in [3.05, 3.63) is 13.2 Å². The summed E-state index contributed by atoms with van der Waals surface area (Å²) < 4.78 is 0. The molecule has 0 bridgehead atoms. The summed E-state index contributed by atoms with van der Waals surface area (Å²) in [4.78, 5) is 44.5. The molecule has 0 aliphatic heterocycles. The monoisotopic (exact) mass is 363 g/mol. The number of thioether (sulfide) groups is 1. The van der Waals surface area contributed by atoms with Gasteiger partial charge in [-0.2, -0.15) is 11.8 Å². The number of nitrogens with one attached hydrogen (secondary N) is 2. The van der Waals surface area contributed by atoms with Crippen LogP contribution in [0.15, 0.2) is 13.2 Å². The molecule has 10 heteroatoms. The van der Waals surface area contributed by atoms with Crippen LogP contribution in [0.5, 0.6) is 0 Å². The normalized spacial score (nSPS) is 12.1. The van der Waals surface area contributed by atoms with Gasteiger partial charge >= 0.3 is 11.9 Å². The van der Waals surface area contributed by atoms with Gasteiger partial charge in [0.1, 0.15) is 18.6 Å². The first-order valence-electron chi connectivity index (χ1n) is 7.12. The summed E-state index contributed by atoms with van der Waals surface area (Å²) >= 11 is 1.41. The smallest absolute Gasteiger partial charge is 0.322 e. The lowest BCUT2D eigenvalue weighted by molar-refractivity contribution is -0.139. The van der Waals surface area contributed by atoms with Gasteiger partial charge in [0.15, 0.2) is 0 Å². The van der Waals surface area contributed by atoms with Gasteiger partial charge in [-0.3, -0.25) is 19.2 Å². The van der Waals surface area contributed by atoms with Crippen molar-refractivity contribution >= 4 is 35.5 Å². The standard InChI is InChI=1S/C12H21N3O6S.C2H4/c1-2-22-6-8(11(19)14-5-10(17)18)15-9(16)4-3-7(13)12(20)21;1-2/h7-8H,2-6,13H2,1H3,(H,14,19)(H,15,16)(H,17,18)(H,20,21);1-2H2/t7-,8-;/m0./s1. The van der Waals surface area contributed by atoms with Crippen molar-refractivity contribution in [2.24, 2.45) is 5.73 Å². The Morgan fingerprint density at radius 3 is 2.25 bits per heavy atom. The molecular formula is C14H25N3O6S. The van der Waals surface area contributed by atoms with Gasteiger partial charge in [-0.05, 0) is 12.2 Å². The van der Waals surface area contributed by atoms with E-state index >= 15 is 0 Å². The molecule has 0 spiro atoms. The Balaban J connectivity index is 0. The van der Waals surface area contributed by atoms with Gasteiger partial charge in [0.2, 0.25) is 11.8 Å². The Hall–Kier alpha value is -2.07. The van der Waals surface area contributed by atoms with Crippen molar-refractivity contribution in [1.82, 2.24) is 10.6 Å². The molecule has 0 aromatic heterocycles. The lowest BCUT2D eigenvalue weighted by Gasteiger charge is -2.17. The second kappa shape index (κ2) is 14.5. The Bertz CT molecular complexity index is 433. The molecule has 0 heterocycles. The van der Waals surface area contributed by atoms with Gasteiger partial charge in [-0.25, -0.2) is 0 Å². The predicted octanol–water partition coefficient (Wildman–Crippen LogP) is -0.581. The summed E-state index contributed by atoms with van der Waals surface area (Å²) in [5.74, 6) is -2.48. The molecule has 0 unspecified atom stereocenters. The molecule has 0 aromatic rings. The Labute approximate surface area is 145 Å². The van der Waals surface area contributed by atoms with Crippen molar-refractivity contribution in [3.8, 4) is 0 Å². The molecule has 6 N–H and O–H groups in total. The van der Waals surface area contributed by atoms with Gasteiger partial charge in [0, 0.05) is 12.2 Å². The average molecular weight is 363 g/mol. The molecular weight excluding hydrogens is 338 g/mol. The highest BCUT2D eigenvalue weighted by atomic mass is 32.2. The third kappa shape index (κ3) is 12.5. The fourth-order valence-corrected chi connectivity index (χ4v) is 2.09. The minimum Gasteiger partial charge on any atom is -0.480 e. The van der Waals surface area contributed by atoms with Gasteiger partial charge in [0.05, 0.1) is 0 Å². The number of rotatable bonds is 11. The molecule has 138 valence electrons. The summed E-state index contributed by atoms with van der Waals surface area (Å²) in [5.41, 5.74) is 5.29. The summed E-state index contributed by atoms with van der Waals surface area (Å²) in [7, 11) is 0. The quantitative estimate of drug-likeness (QED) is 0.305. The maximum absolute atomic E-state index is 11.8. The van der Waals surface area contributed by atoms with Crippen LogP contribution in [0.4, 0.5) is 0 Å². The average Bonchev–Trinajstić information content (AvgIpc) is 2.55. The number of hydrogen-bond donors (Lipinski definition) is 5. The number of carbonyl (C=O) groups is 4. The molecule has 0 saturated heterocycles. The number of carboxylic acids is 2. The molecule has 9 nitrogen and oxygen atoms in total. The second-order valence-corrected chi connectivity index (χ2v) is 5.69. The third-order valence-corrected chi connectivity index (χ3v) is 3.53. The Morgan fingerprint density at radius 2 is 1.79 bits per heavy atom. The maximum atomic E-state index is 11.8. The van der Waals surface area contributed by atoms with Gasteiger partial charge in [-0.1, -0.05) is 6.92 Å². The summed E-state index contributed by atoms with van der Waals surface area (Å²) in [6, 6.07) is -2.02. The van der Waals surface area contributed by atoms with Crippen molar-refractivity contribution in [1.29, 1.82) is 0 Å². The fraction of sp³-hybridized carbons (Fsp3) is 0.571. The Kier molecular flexibility index (Phi) is 14.6. The Morgan fingerprint density at radius 1 is 1.21 bits per heavy atom. The van der Waals surface area contributed by atoms with Crippen LogP contribution in [-0.2, 0) is 19.2 Å². The first kappa shape index (κ1) is 24.2. The predicted molar refractivity (Wildman–Crippen MR) is 91.7 cm³/mol. The number of amides is 2. The van der Waals surface area contributed by atoms with E-state index in [4.69, 9.17) is 15.9 Å². The van der Waals surface area contributed by atoms with Crippen LogP contribution in [0, 0.1) is 0 Å². The topological polar surface area (TPSA) is 159 Å². The van der Waals surface area contributed by atoms with Crippen molar-refractivity contribution in [3.63, 3.8) is 0 Å².